The first kappa shape index (κ1) is 9.49. The Labute approximate surface area is 74.7 Å². The van der Waals surface area contributed by atoms with E-state index in [1.54, 1.807) is 0 Å². The monoisotopic (exact) mass is 166 g/mol. The fourth-order valence-corrected chi connectivity index (χ4v) is 1.36. The van der Waals surface area contributed by atoms with Crippen molar-refractivity contribution in [2.24, 2.45) is 0 Å². The average molecular weight is 166 g/mol. The summed E-state index contributed by atoms with van der Waals surface area (Å²) in [6, 6.07) is 0.451. The summed E-state index contributed by atoms with van der Waals surface area (Å²) in [7, 11) is 1.97. The van der Waals surface area contributed by atoms with E-state index in [2.05, 4.69) is 42.7 Å². The number of likely N-dealkylation sites (N-methyl/N-ethyl adjacent to an activating group) is 1. The Morgan fingerprint density at radius 2 is 2.33 bits per heavy atom. The van der Waals surface area contributed by atoms with Crippen molar-refractivity contribution in [3.63, 3.8) is 0 Å². The van der Waals surface area contributed by atoms with Crippen molar-refractivity contribution in [1.82, 2.24) is 10.6 Å². The quantitative estimate of drug-likeness (QED) is 0.576. The van der Waals surface area contributed by atoms with Gasteiger partial charge in [0.15, 0.2) is 0 Å². The first-order valence-corrected chi connectivity index (χ1v) is 4.49. The van der Waals surface area contributed by atoms with Gasteiger partial charge in [-0.2, -0.15) is 0 Å². The van der Waals surface area contributed by atoms with Crippen LogP contribution in [0.4, 0.5) is 0 Å². The molecule has 1 rings (SSSR count). The largest absolute Gasteiger partial charge is 0.302 e. The number of rotatable bonds is 1. The average Bonchev–Trinajstić information content (AvgIpc) is 2.00. The van der Waals surface area contributed by atoms with Crippen LogP contribution in [0.25, 0.3) is 0 Å². The van der Waals surface area contributed by atoms with Gasteiger partial charge in [-0.05, 0) is 27.3 Å². The molecular formula is C10H18N2. The lowest BCUT2D eigenvalue weighted by atomic mass is 10.1. The Bertz CT molecular complexity index is 194. The van der Waals surface area contributed by atoms with Crippen LogP contribution in [-0.4, -0.2) is 19.3 Å². The molecule has 2 heteroatoms. The second-order valence-electron chi connectivity index (χ2n) is 3.37. The Morgan fingerprint density at radius 3 is 3.00 bits per heavy atom. The second-order valence-corrected chi connectivity index (χ2v) is 3.37. The van der Waals surface area contributed by atoms with Crippen LogP contribution < -0.4 is 10.6 Å². The molecule has 0 aliphatic carbocycles. The van der Waals surface area contributed by atoms with Crippen LogP contribution in [0, 0.1) is 0 Å². The number of allylic oxidation sites excluding steroid dienone is 2. The molecule has 0 spiro atoms. The number of hydrogen-bond donors (Lipinski definition) is 2. The lowest BCUT2D eigenvalue weighted by Gasteiger charge is -2.20. The third kappa shape index (κ3) is 2.80. The van der Waals surface area contributed by atoms with Gasteiger partial charge in [-0.15, -0.1) is 0 Å². The molecule has 0 bridgehead atoms. The van der Waals surface area contributed by atoms with Crippen LogP contribution in [0.3, 0.4) is 0 Å². The van der Waals surface area contributed by atoms with Crippen molar-refractivity contribution in [2.45, 2.75) is 32.5 Å². The van der Waals surface area contributed by atoms with Crippen molar-refractivity contribution < 1.29 is 0 Å². The Balaban J connectivity index is 2.64. The predicted molar refractivity (Wildman–Crippen MR) is 53.0 cm³/mol. The summed E-state index contributed by atoms with van der Waals surface area (Å²) < 4.78 is 0. The first-order chi connectivity index (χ1) is 5.72. The normalized spacial score (nSPS) is 30.8. The Kier molecular flexibility index (Phi) is 3.50. The van der Waals surface area contributed by atoms with Gasteiger partial charge in [0, 0.05) is 6.04 Å². The van der Waals surface area contributed by atoms with E-state index >= 15 is 0 Å². The summed E-state index contributed by atoms with van der Waals surface area (Å²) in [5.41, 5.74) is 1.41. The van der Waals surface area contributed by atoms with Gasteiger partial charge in [-0.3, -0.25) is 5.32 Å². The van der Waals surface area contributed by atoms with E-state index in [0.717, 1.165) is 6.42 Å². The Morgan fingerprint density at radius 1 is 1.58 bits per heavy atom. The van der Waals surface area contributed by atoms with Crippen LogP contribution in [0.1, 0.15) is 20.3 Å². The molecule has 1 aliphatic rings. The van der Waals surface area contributed by atoms with Gasteiger partial charge in [0.05, 0.1) is 6.17 Å². The molecule has 68 valence electrons. The summed E-state index contributed by atoms with van der Waals surface area (Å²) >= 11 is 0. The van der Waals surface area contributed by atoms with Gasteiger partial charge in [0.1, 0.15) is 0 Å². The molecule has 1 aliphatic heterocycles. The molecule has 12 heavy (non-hydrogen) atoms. The molecule has 2 N–H and O–H groups in total. The third-order valence-corrected chi connectivity index (χ3v) is 2.07. The minimum Gasteiger partial charge on any atom is -0.302 e. The lowest BCUT2D eigenvalue weighted by Crippen LogP contribution is -2.43. The molecule has 0 amide bonds. The van der Waals surface area contributed by atoms with Crippen LogP contribution in [0.5, 0.6) is 0 Å². The molecule has 0 saturated carbocycles. The minimum atomic E-state index is 0.310. The summed E-state index contributed by atoms with van der Waals surface area (Å²) in [6.07, 6.45) is 8.05. The molecule has 0 radical (unpaired) electrons. The van der Waals surface area contributed by atoms with Crippen LogP contribution in [-0.2, 0) is 0 Å². The van der Waals surface area contributed by atoms with Crippen molar-refractivity contribution in [3.05, 3.63) is 23.8 Å². The molecule has 0 aromatic rings. The number of hydrogen-bond acceptors (Lipinski definition) is 2. The first-order valence-electron chi connectivity index (χ1n) is 4.49. The molecule has 2 nitrogen and oxygen atoms in total. The van der Waals surface area contributed by atoms with Crippen molar-refractivity contribution in [3.8, 4) is 0 Å². The Hall–Kier alpha value is -0.600. The highest BCUT2D eigenvalue weighted by atomic mass is 15.1. The fraction of sp³-hybridized carbons (Fsp3) is 0.600. The van der Waals surface area contributed by atoms with Gasteiger partial charge in [0.25, 0.3) is 0 Å². The topological polar surface area (TPSA) is 24.1 Å². The summed E-state index contributed by atoms with van der Waals surface area (Å²) in [5, 5.41) is 6.64. The maximum absolute atomic E-state index is 3.42. The summed E-state index contributed by atoms with van der Waals surface area (Å²) in [4.78, 5) is 0. The van der Waals surface area contributed by atoms with Gasteiger partial charge in [0.2, 0.25) is 0 Å². The second kappa shape index (κ2) is 4.43. The highest BCUT2D eigenvalue weighted by molar-refractivity contribution is 5.12. The molecular weight excluding hydrogens is 148 g/mol. The lowest BCUT2D eigenvalue weighted by molar-refractivity contribution is 0.498. The van der Waals surface area contributed by atoms with Crippen LogP contribution >= 0.6 is 0 Å². The van der Waals surface area contributed by atoms with E-state index in [4.69, 9.17) is 0 Å². The van der Waals surface area contributed by atoms with Crippen LogP contribution in [0.2, 0.25) is 0 Å². The maximum Gasteiger partial charge on any atom is 0.0768 e. The zero-order valence-electron chi connectivity index (χ0n) is 8.09. The summed E-state index contributed by atoms with van der Waals surface area (Å²) in [6.45, 7) is 4.32. The zero-order chi connectivity index (χ0) is 8.97. The SMILES string of the molecule is CNC1C=C(C)CC=CC(C)N1. The summed E-state index contributed by atoms with van der Waals surface area (Å²) in [5.74, 6) is 0. The van der Waals surface area contributed by atoms with E-state index in [1.165, 1.54) is 5.57 Å². The van der Waals surface area contributed by atoms with Gasteiger partial charge >= 0.3 is 0 Å². The van der Waals surface area contributed by atoms with Crippen molar-refractivity contribution in [1.29, 1.82) is 0 Å². The van der Waals surface area contributed by atoms with E-state index in [-0.39, 0.29) is 0 Å². The highest BCUT2D eigenvalue weighted by Crippen LogP contribution is 2.06. The molecule has 2 atom stereocenters. The third-order valence-electron chi connectivity index (χ3n) is 2.07. The molecule has 0 fully saturated rings. The predicted octanol–water partition coefficient (Wildman–Crippen LogP) is 1.42. The van der Waals surface area contributed by atoms with Gasteiger partial charge < -0.3 is 5.32 Å². The van der Waals surface area contributed by atoms with E-state index in [0.29, 0.717) is 12.2 Å². The smallest absolute Gasteiger partial charge is 0.0768 e. The van der Waals surface area contributed by atoms with Crippen LogP contribution in [0.15, 0.2) is 23.8 Å². The molecule has 0 saturated heterocycles. The van der Waals surface area contributed by atoms with Crippen molar-refractivity contribution in [2.75, 3.05) is 7.05 Å². The van der Waals surface area contributed by atoms with E-state index in [9.17, 15) is 0 Å². The van der Waals surface area contributed by atoms with Gasteiger partial charge in [-0.25, -0.2) is 0 Å². The number of nitrogens with one attached hydrogen (secondary N) is 2. The standard InChI is InChI=1S/C10H18N2/c1-8-5-4-6-9(2)12-10(7-8)11-3/h4,6-7,9-12H,5H2,1-3H3. The maximum atomic E-state index is 3.42. The zero-order valence-corrected chi connectivity index (χ0v) is 8.09. The minimum absolute atomic E-state index is 0.310. The highest BCUT2D eigenvalue weighted by Gasteiger charge is 2.06. The molecule has 1 heterocycles. The molecule has 0 aromatic carbocycles. The van der Waals surface area contributed by atoms with Gasteiger partial charge in [-0.1, -0.05) is 23.8 Å². The van der Waals surface area contributed by atoms with Crippen molar-refractivity contribution >= 4 is 0 Å². The molecule has 2 unspecified atom stereocenters. The molecule has 0 aromatic heterocycles. The van der Waals surface area contributed by atoms with E-state index in [1.807, 2.05) is 7.05 Å². The fourth-order valence-electron chi connectivity index (χ4n) is 1.36. The van der Waals surface area contributed by atoms with E-state index < -0.39 is 0 Å².